The number of hydrogen-bond acceptors (Lipinski definition) is 13. The summed E-state index contributed by atoms with van der Waals surface area (Å²) in [7, 11) is 0. The number of ether oxygens (including phenoxy) is 6. The fourth-order valence-corrected chi connectivity index (χ4v) is 7.23. The van der Waals surface area contributed by atoms with Crippen molar-refractivity contribution in [3.8, 4) is 0 Å². The molecule has 11 atom stereocenters. The molecule has 4 aliphatic rings. The van der Waals surface area contributed by atoms with E-state index in [1.807, 2.05) is 0 Å². The predicted octanol–water partition coefficient (Wildman–Crippen LogP) is 0.654. The molecule has 0 bridgehead atoms. The molecule has 0 aromatic carbocycles. The number of epoxide rings is 1. The van der Waals surface area contributed by atoms with E-state index in [-0.39, 0.29) is 12.8 Å². The molecule has 13 heteroatoms. The number of esters is 5. The van der Waals surface area contributed by atoms with Crippen LogP contribution in [0.15, 0.2) is 11.6 Å². The molecule has 2 saturated heterocycles. The normalized spacial score (nSPS) is 45.0. The van der Waals surface area contributed by atoms with Gasteiger partial charge in [0.1, 0.15) is 24.4 Å². The van der Waals surface area contributed by atoms with Crippen LogP contribution in [0.2, 0.25) is 0 Å². The van der Waals surface area contributed by atoms with E-state index in [2.05, 4.69) is 0 Å². The van der Waals surface area contributed by atoms with Gasteiger partial charge in [0.2, 0.25) is 0 Å². The van der Waals surface area contributed by atoms with Gasteiger partial charge in [-0.2, -0.15) is 0 Å². The summed E-state index contributed by atoms with van der Waals surface area (Å²) in [6.07, 6.45) is -6.57. The average Bonchev–Trinajstić information content (AvgIpc) is 3.40. The molecule has 4 rings (SSSR count). The summed E-state index contributed by atoms with van der Waals surface area (Å²) in [6.45, 7) is 10.7. The second-order valence-electron chi connectivity index (χ2n) is 12.0. The lowest BCUT2D eigenvalue weighted by Crippen LogP contribution is -2.72. The molecule has 0 radical (unpaired) electrons. The Balaban J connectivity index is 2.09. The highest BCUT2D eigenvalue weighted by Gasteiger charge is 2.88. The Bertz CT molecular complexity index is 1190. The summed E-state index contributed by atoms with van der Waals surface area (Å²) in [5.41, 5.74) is -6.61. The van der Waals surface area contributed by atoms with E-state index in [0.29, 0.717) is 5.57 Å². The van der Waals surface area contributed by atoms with E-state index in [1.54, 1.807) is 13.8 Å². The summed E-state index contributed by atoms with van der Waals surface area (Å²) < 4.78 is 34.8. The molecular weight excluding hydrogens is 544 g/mol. The van der Waals surface area contributed by atoms with Crippen LogP contribution in [0.3, 0.4) is 0 Å². The number of carbonyl (C=O) groups is 5. The number of hydrogen-bond donors (Lipinski definition) is 2. The molecule has 0 aromatic rings. The zero-order valence-corrected chi connectivity index (χ0v) is 24.4. The SMILES string of the molecule is CC(=O)O[C@H]1C[C@@H](OC(C)=O)[C@@]2(C)[C@H]([C@@H](OC(C)=O)[C@@]34O[C@]3(C)C(=O)O[C@@H]4C=C1C)[C@@](C)(O)[C@H](O)C[C@H]2OC(C)=O. The Labute approximate surface area is 237 Å². The van der Waals surface area contributed by atoms with Crippen LogP contribution in [0.4, 0.5) is 0 Å². The minimum Gasteiger partial charge on any atom is -0.462 e. The first kappa shape index (κ1) is 30.9. The van der Waals surface area contributed by atoms with Crippen molar-refractivity contribution in [3.05, 3.63) is 11.6 Å². The molecule has 0 unspecified atom stereocenters. The average molecular weight is 583 g/mol. The predicted molar refractivity (Wildman–Crippen MR) is 136 cm³/mol. The lowest BCUT2D eigenvalue weighted by atomic mass is 9.51. The van der Waals surface area contributed by atoms with Crippen LogP contribution in [0.1, 0.15) is 68.2 Å². The second kappa shape index (κ2) is 10.1. The Hall–Kier alpha value is -3.03. The number of aliphatic hydroxyl groups excluding tert-OH is 1. The van der Waals surface area contributed by atoms with Crippen LogP contribution < -0.4 is 0 Å². The van der Waals surface area contributed by atoms with E-state index in [1.165, 1.54) is 33.8 Å². The van der Waals surface area contributed by atoms with Crippen molar-refractivity contribution in [2.75, 3.05) is 0 Å². The fourth-order valence-electron chi connectivity index (χ4n) is 7.23. The molecule has 2 aliphatic heterocycles. The lowest BCUT2D eigenvalue weighted by molar-refractivity contribution is -0.275. The maximum Gasteiger partial charge on any atom is 0.342 e. The van der Waals surface area contributed by atoms with Crippen LogP contribution in [0, 0.1) is 11.3 Å². The molecule has 1 spiro atoms. The number of rotatable bonds is 4. The van der Waals surface area contributed by atoms with Crippen LogP contribution in [-0.4, -0.2) is 93.5 Å². The molecule has 3 fully saturated rings. The molecule has 1 saturated carbocycles. The highest BCUT2D eigenvalue weighted by molar-refractivity contribution is 5.89. The number of fused-ring (bicyclic) bond motifs is 1. The lowest BCUT2D eigenvalue weighted by Gasteiger charge is -2.59. The number of aliphatic hydroxyl groups is 2. The summed E-state index contributed by atoms with van der Waals surface area (Å²) in [5.74, 6) is -5.02. The van der Waals surface area contributed by atoms with Crippen LogP contribution in [0.25, 0.3) is 0 Å². The first-order valence-electron chi connectivity index (χ1n) is 13.5. The molecule has 228 valence electrons. The van der Waals surface area contributed by atoms with Gasteiger partial charge < -0.3 is 38.6 Å². The monoisotopic (exact) mass is 582 g/mol. The van der Waals surface area contributed by atoms with Gasteiger partial charge in [0.25, 0.3) is 0 Å². The third kappa shape index (κ3) is 4.71. The van der Waals surface area contributed by atoms with Crippen molar-refractivity contribution in [1.82, 2.24) is 0 Å². The third-order valence-corrected chi connectivity index (χ3v) is 9.22. The van der Waals surface area contributed by atoms with Crippen molar-refractivity contribution >= 4 is 29.8 Å². The van der Waals surface area contributed by atoms with Crippen molar-refractivity contribution in [2.45, 2.75) is 122 Å². The smallest absolute Gasteiger partial charge is 0.342 e. The van der Waals surface area contributed by atoms with Gasteiger partial charge in [-0.3, -0.25) is 19.2 Å². The van der Waals surface area contributed by atoms with E-state index in [9.17, 15) is 34.2 Å². The third-order valence-electron chi connectivity index (χ3n) is 9.22. The van der Waals surface area contributed by atoms with Crippen molar-refractivity contribution in [2.24, 2.45) is 11.3 Å². The molecule has 13 nitrogen and oxygen atoms in total. The Morgan fingerprint density at radius 1 is 0.878 bits per heavy atom. The van der Waals surface area contributed by atoms with E-state index < -0.39 is 94.6 Å². The largest absolute Gasteiger partial charge is 0.462 e. The van der Waals surface area contributed by atoms with Crippen molar-refractivity contribution in [3.63, 3.8) is 0 Å². The van der Waals surface area contributed by atoms with E-state index >= 15 is 0 Å². The second-order valence-corrected chi connectivity index (χ2v) is 12.0. The molecule has 2 heterocycles. The van der Waals surface area contributed by atoms with Gasteiger partial charge in [0.15, 0.2) is 17.3 Å². The van der Waals surface area contributed by atoms with Gasteiger partial charge in [0.05, 0.1) is 17.1 Å². The Morgan fingerprint density at radius 3 is 1.88 bits per heavy atom. The molecule has 2 N–H and O–H groups in total. The van der Waals surface area contributed by atoms with Crippen molar-refractivity contribution in [1.29, 1.82) is 0 Å². The van der Waals surface area contributed by atoms with Crippen LogP contribution in [0.5, 0.6) is 0 Å². The molecule has 2 aliphatic carbocycles. The first-order chi connectivity index (χ1) is 18.8. The zero-order valence-electron chi connectivity index (χ0n) is 24.4. The van der Waals surface area contributed by atoms with Gasteiger partial charge in [-0.1, -0.05) is 6.92 Å². The van der Waals surface area contributed by atoms with Gasteiger partial charge >= 0.3 is 29.8 Å². The topological polar surface area (TPSA) is 184 Å². The Morgan fingerprint density at radius 2 is 1.39 bits per heavy atom. The maximum atomic E-state index is 13.1. The minimum atomic E-state index is -2.09. The first-order valence-corrected chi connectivity index (χ1v) is 13.5. The van der Waals surface area contributed by atoms with Crippen molar-refractivity contribution < 1.29 is 62.6 Å². The van der Waals surface area contributed by atoms with Crippen LogP contribution >= 0.6 is 0 Å². The summed E-state index contributed by atoms with van der Waals surface area (Å²) in [5, 5.41) is 23.3. The van der Waals surface area contributed by atoms with Gasteiger partial charge in [0, 0.05) is 46.5 Å². The Kier molecular flexibility index (Phi) is 7.58. The van der Waals surface area contributed by atoms with Crippen LogP contribution in [-0.2, 0) is 52.4 Å². The summed E-state index contributed by atoms with van der Waals surface area (Å²) in [4.78, 5) is 62.8. The summed E-state index contributed by atoms with van der Waals surface area (Å²) in [6, 6.07) is 0. The zero-order chi connectivity index (χ0) is 30.9. The fraction of sp³-hybridized carbons (Fsp3) is 0.750. The van der Waals surface area contributed by atoms with E-state index in [0.717, 1.165) is 13.8 Å². The van der Waals surface area contributed by atoms with Gasteiger partial charge in [-0.25, -0.2) is 4.79 Å². The highest BCUT2D eigenvalue weighted by atomic mass is 16.7. The standard InChI is InChI=1S/C28H38O13/c1-12-9-21-28(27(8,41-28)24(34)40-21)23(39-16(5)32)22-25(6,19(37-14(3)30)10-17(12)36-13(2)29)20(38-15(4)31)11-18(33)26(22,7)35/h9,17-23,33,35H,10-11H2,1-8H3/t17-,18+,19+,20+,21+,22-,23+,25+,26-,27+,28+/m0/s1. The van der Waals surface area contributed by atoms with Gasteiger partial charge in [-0.15, -0.1) is 0 Å². The molecule has 41 heavy (non-hydrogen) atoms. The highest BCUT2D eigenvalue weighted by Crippen LogP contribution is 2.66. The minimum absolute atomic E-state index is 0.170. The molecule has 0 aromatic heterocycles. The quantitative estimate of drug-likeness (QED) is 0.204. The molecule has 0 amide bonds. The van der Waals surface area contributed by atoms with E-state index in [4.69, 9.17) is 28.4 Å². The van der Waals surface area contributed by atoms with Gasteiger partial charge in [-0.05, 0) is 32.4 Å². The number of carbonyl (C=O) groups excluding carboxylic acids is 5. The summed E-state index contributed by atoms with van der Waals surface area (Å²) >= 11 is 0. The maximum absolute atomic E-state index is 13.1. The molecular formula is C28H38O13.